The number of aliphatic hydroxyl groups excluding tert-OH is 1. The minimum absolute atomic E-state index is 0.0184. The predicted octanol–water partition coefficient (Wildman–Crippen LogP) is 1.82. The van der Waals surface area contributed by atoms with Crippen LogP contribution in [0.3, 0.4) is 0 Å². The molecule has 15 heavy (non-hydrogen) atoms. The monoisotopic (exact) mass is 333 g/mol. The molecule has 86 valence electrons. The van der Waals surface area contributed by atoms with E-state index in [9.17, 15) is 8.42 Å². The van der Waals surface area contributed by atoms with Gasteiger partial charge in [-0.3, -0.25) is 0 Å². The third-order valence-corrected chi connectivity index (χ3v) is 5.83. The summed E-state index contributed by atoms with van der Waals surface area (Å²) in [7, 11) is -3.56. The van der Waals surface area contributed by atoms with Gasteiger partial charge < -0.3 is 5.11 Å². The van der Waals surface area contributed by atoms with Crippen molar-refractivity contribution in [2.45, 2.75) is 17.2 Å². The number of halogens is 2. The lowest BCUT2D eigenvalue weighted by Gasteiger charge is -2.05. The van der Waals surface area contributed by atoms with Crippen LogP contribution in [-0.2, 0) is 10.0 Å². The molecule has 0 aliphatic carbocycles. The van der Waals surface area contributed by atoms with E-state index >= 15 is 0 Å². The summed E-state index contributed by atoms with van der Waals surface area (Å²) in [6.07, 6.45) is -0.723. The number of aliphatic hydroxyl groups is 1. The standard InChI is InChI=1S/C7H9BrClNO3S2/c1-4(11)3-10-15(12,13)6-2-5(9)7(8)14-6/h2,4,10-11H,3H2,1H3. The summed E-state index contributed by atoms with van der Waals surface area (Å²) < 4.78 is 26.2. The molecule has 0 aliphatic heterocycles. The molecule has 0 aliphatic rings. The van der Waals surface area contributed by atoms with E-state index in [-0.39, 0.29) is 10.8 Å². The van der Waals surface area contributed by atoms with Crippen molar-refractivity contribution < 1.29 is 13.5 Å². The molecule has 1 aromatic rings. The van der Waals surface area contributed by atoms with Crippen molar-refractivity contribution in [3.8, 4) is 0 Å². The number of rotatable bonds is 4. The van der Waals surface area contributed by atoms with Crippen LogP contribution < -0.4 is 4.72 Å². The summed E-state index contributed by atoms with van der Waals surface area (Å²) in [6, 6.07) is 1.36. The van der Waals surface area contributed by atoms with Gasteiger partial charge in [-0.1, -0.05) is 11.6 Å². The van der Waals surface area contributed by atoms with Gasteiger partial charge in [0, 0.05) is 6.54 Å². The molecule has 0 aromatic carbocycles. The van der Waals surface area contributed by atoms with Gasteiger partial charge in [-0.05, 0) is 28.9 Å². The number of hydrogen-bond acceptors (Lipinski definition) is 4. The summed E-state index contributed by atoms with van der Waals surface area (Å²) >= 11 is 9.88. The normalized spacial score (nSPS) is 14.1. The van der Waals surface area contributed by atoms with Crippen LogP contribution in [-0.4, -0.2) is 26.2 Å². The van der Waals surface area contributed by atoms with Crippen molar-refractivity contribution in [2.75, 3.05) is 6.54 Å². The van der Waals surface area contributed by atoms with E-state index in [4.69, 9.17) is 16.7 Å². The minimum atomic E-state index is -3.56. The third-order valence-electron chi connectivity index (χ3n) is 1.46. The number of sulfonamides is 1. The molecule has 0 saturated carbocycles. The van der Waals surface area contributed by atoms with Gasteiger partial charge in [0.15, 0.2) is 0 Å². The second kappa shape index (κ2) is 5.11. The minimum Gasteiger partial charge on any atom is -0.392 e. The molecular weight excluding hydrogens is 326 g/mol. The van der Waals surface area contributed by atoms with Crippen molar-refractivity contribution in [3.63, 3.8) is 0 Å². The zero-order valence-electron chi connectivity index (χ0n) is 7.70. The summed E-state index contributed by atoms with van der Waals surface area (Å²) in [5.41, 5.74) is 0. The van der Waals surface area contributed by atoms with E-state index in [2.05, 4.69) is 20.7 Å². The lowest BCUT2D eigenvalue weighted by atomic mass is 10.4. The van der Waals surface area contributed by atoms with Crippen LogP contribution >= 0.6 is 38.9 Å². The molecule has 0 spiro atoms. The summed E-state index contributed by atoms with van der Waals surface area (Å²) in [5, 5.41) is 9.32. The first-order chi connectivity index (χ1) is 6.83. The zero-order valence-corrected chi connectivity index (χ0v) is 11.7. The number of nitrogens with one attached hydrogen (secondary N) is 1. The molecule has 4 nitrogen and oxygen atoms in total. The molecule has 0 amide bonds. The Morgan fingerprint density at radius 1 is 1.73 bits per heavy atom. The largest absolute Gasteiger partial charge is 0.392 e. The van der Waals surface area contributed by atoms with Gasteiger partial charge in [0.25, 0.3) is 0 Å². The van der Waals surface area contributed by atoms with Gasteiger partial charge in [-0.2, -0.15) is 0 Å². The molecule has 0 saturated heterocycles. The fourth-order valence-corrected chi connectivity index (χ4v) is 4.33. The van der Waals surface area contributed by atoms with Crippen LogP contribution in [0.5, 0.6) is 0 Å². The quantitative estimate of drug-likeness (QED) is 0.883. The second-order valence-electron chi connectivity index (χ2n) is 2.89. The van der Waals surface area contributed by atoms with Crippen molar-refractivity contribution in [2.24, 2.45) is 0 Å². The van der Waals surface area contributed by atoms with Crippen LogP contribution in [0.2, 0.25) is 5.02 Å². The van der Waals surface area contributed by atoms with Crippen molar-refractivity contribution in [1.29, 1.82) is 0 Å². The maximum absolute atomic E-state index is 11.6. The highest BCUT2D eigenvalue weighted by molar-refractivity contribution is 9.11. The van der Waals surface area contributed by atoms with Gasteiger partial charge in [0.1, 0.15) is 4.21 Å². The van der Waals surface area contributed by atoms with Gasteiger partial charge in [0.05, 0.1) is 14.9 Å². The molecule has 0 bridgehead atoms. The average Bonchev–Trinajstić information content (AvgIpc) is 2.45. The Bertz CT molecular complexity index is 424. The Morgan fingerprint density at radius 3 is 2.73 bits per heavy atom. The Labute approximate surface area is 105 Å². The topological polar surface area (TPSA) is 66.4 Å². The van der Waals surface area contributed by atoms with E-state index in [0.29, 0.717) is 8.81 Å². The van der Waals surface area contributed by atoms with Gasteiger partial charge in [-0.25, -0.2) is 13.1 Å². The van der Waals surface area contributed by atoms with E-state index < -0.39 is 16.1 Å². The number of thiophene rings is 1. The van der Waals surface area contributed by atoms with Crippen LogP contribution in [0.4, 0.5) is 0 Å². The van der Waals surface area contributed by atoms with E-state index in [1.807, 2.05) is 0 Å². The predicted molar refractivity (Wildman–Crippen MR) is 63.9 cm³/mol. The molecule has 1 atom stereocenters. The Balaban J connectivity index is 2.87. The first-order valence-corrected chi connectivity index (χ1v) is 7.42. The second-order valence-corrected chi connectivity index (χ2v) is 7.66. The van der Waals surface area contributed by atoms with Crippen LogP contribution in [0.15, 0.2) is 14.1 Å². The molecule has 1 rings (SSSR count). The van der Waals surface area contributed by atoms with Crippen molar-refractivity contribution in [3.05, 3.63) is 14.9 Å². The summed E-state index contributed by atoms with van der Waals surface area (Å²) in [4.78, 5) is 0. The molecule has 1 heterocycles. The first-order valence-electron chi connectivity index (χ1n) is 3.95. The fraction of sp³-hybridized carbons (Fsp3) is 0.429. The maximum Gasteiger partial charge on any atom is 0.250 e. The zero-order chi connectivity index (χ0) is 11.6. The summed E-state index contributed by atoms with van der Waals surface area (Å²) in [5.74, 6) is 0. The van der Waals surface area contributed by atoms with Crippen LogP contribution in [0.25, 0.3) is 0 Å². The van der Waals surface area contributed by atoms with Gasteiger partial charge in [-0.15, -0.1) is 11.3 Å². The lowest BCUT2D eigenvalue weighted by molar-refractivity contribution is 0.198. The Hall–Kier alpha value is 0.340. The highest BCUT2D eigenvalue weighted by atomic mass is 79.9. The van der Waals surface area contributed by atoms with Gasteiger partial charge >= 0.3 is 0 Å². The smallest absolute Gasteiger partial charge is 0.250 e. The Kier molecular flexibility index (Phi) is 4.57. The molecule has 1 aromatic heterocycles. The molecule has 1 unspecified atom stereocenters. The lowest BCUT2D eigenvalue weighted by Crippen LogP contribution is -2.30. The van der Waals surface area contributed by atoms with Crippen LogP contribution in [0.1, 0.15) is 6.92 Å². The first kappa shape index (κ1) is 13.4. The van der Waals surface area contributed by atoms with Gasteiger partial charge in [0.2, 0.25) is 10.0 Å². The van der Waals surface area contributed by atoms with Crippen LogP contribution in [0, 0.1) is 0 Å². The molecule has 0 radical (unpaired) electrons. The molecule has 8 heteroatoms. The fourth-order valence-electron chi connectivity index (χ4n) is 0.761. The molecule has 2 N–H and O–H groups in total. The van der Waals surface area contributed by atoms with E-state index in [1.54, 1.807) is 0 Å². The Morgan fingerprint density at radius 2 is 2.33 bits per heavy atom. The maximum atomic E-state index is 11.6. The van der Waals surface area contributed by atoms with E-state index in [0.717, 1.165) is 11.3 Å². The molecular formula is C7H9BrClNO3S2. The highest BCUT2D eigenvalue weighted by Crippen LogP contribution is 2.34. The summed E-state index contributed by atoms with van der Waals surface area (Å²) in [6.45, 7) is 1.48. The SMILES string of the molecule is CC(O)CNS(=O)(=O)c1cc(Cl)c(Br)s1. The highest BCUT2D eigenvalue weighted by Gasteiger charge is 2.18. The van der Waals surface area contributed by atoms with E-state index in [1.165, 1.54) is 13.0 Å². The average molecular weight is 335 g/mol. The molecule has 0 fully saturated rings. The van der Waals surface area contributed by atoms with Crippen molar-refractivity contribution >= 4 is 48.9 Å². The third kappa shape index (κ3) is 3.69. The number of hydrogen-bond donors (Lipinski definition) is 2. The van der Waals surface area contributed by atoms with Crippen molar-refractivity contribution in [1.82, 2.24) is 4.72 Å².